The molecule has 0 saturated carbocycles. The van der Waals surface area contributed by atoms with Crippen LogP contribution in [0, 0.1) is 0 Å². The van der Waals surface area contributed by atoms with Gasteiger partial charge in [-0.15, -0.1) is 0 Å². The van der Waals surface area contributed by atoms with Gasteiger partial charge in [-0.3, -0.25) is 4.79 Å². The van der Waals surface area contributed by atoms with Crippen LogP contribution in [0.25, 0.3) is 0 Å². The summed E-state index contributed by atoms with van der Waals surface area (Å²) < 4.78 is 5.09. The van der Waals surface area contributed by atoms with Gasteiger partial charge in [-0.25, -0.2) is 0 Å². The SMILES string of the molecule is COC(C)(C)/C(N)=C/C(N)=NC=O. The number of nitrogens with zero attached hydrogens (tertiary/aromatic N) is 1. The van der Waals surface area contributed by atoms with Gasteiger partial charge >= 0.3 is 0 Å². The van der Waals surface area contributed by atoms with Crippen molar-refractivity contribution in [2.24, 2.45) is 16.5 Å². The number of methoxy groups -OCH3 is 1. The van der Waals surface area contributed by atoms with Crippen LogP contribution in [-0.2, 0) is 9.53 Å². The van der Waals surface area contributed by atoms with E-state index in [-0.39, 0.29) is 5.84 Å². The van der Waals surface area contributed by atoms with Gasteiger partial charge in [0, 0.05) is 18.9 Å². The highest BCUT2D eigenvalue weighted by Crippen LogP contribution is 2.14. The summed E-state index contributed by atoms with van der Waals surface area (Å²) in [6.45, 7) is 3.57. The van der Waals surface area contributed by atoms with Gasteiger partial charge in [-0.05, 0) is 13.8 Å². The molecule has 0 saturated heterocycles. The van der Waals surface area contributed by atoms with Gasteiger partial charge in [0.2, 0.25) is 6.41 Å². The predicted molar refractivity (Wildman–Crippen MR) is 51.0 cm³/mol. The molecule has 0 unspecified atom stereocenters. The van der Waals surface area contributed by atoms with Crippen molar-refractivity contribution in [1.29, 1.82) is 0 Å². The lowest BCUT2D eigenvalue weighted by Crippen LogP contribution is -2.31. The van der Waals surface area contributed by atoms with Gasteiger partial charge in [0.25, 0.3) is 0 Å². The van der Waals surface area contributed by atoms with E-state index in [9.17, 15) is 4.79 Å². The normalized spacial score (nSPS) is 14.4. The zero-order chi connectivity index (χ0) is 10.5. The molecular weight excluding hydrogens is 170 g/mol. The lowest BCUT2D eigenvalue weighted by molar-refractivity contribution is -0.106. The van der Waals surface area contributed by atoms with Crippen LogP contribution in [0.2, 0.25) is 0 Å². The fourth-order valence-corrected chi connectivity index (χ4v) is 0.549. The van der Waals surface area contributed by atoms with E-state index in [2.05, 4.69) is 4.99 Å². The van der Waals surface area contributed by atoms with E-state index in [0.29, 0.717) is 12.1 Å². The van der Waals surface area contributed by atoms with Crippen LogP contribution in [-0.4, -0.2) is 25.0 Å². The maximum Gasteiger partial charge on any atom is 0.234 e. The molecule has 0 aromatic carbocycles. The molecule has 0 aromatic heterocycles. The first-order chi connectivity index (χ1) is 5.94. The molecule has 0 rings (SSSR count). The summed E-state index contributed by atoms with van der Waals surface area (Å²) in [5, 5.41) is 0. The van der Waals surface area contributed by atoms with Gasteiger partial charge in [-0.2, -0.15) is 4.99 Å². The molecule has 4 N–H and O–H groups in total. The maximum atomic E-state index is 9.95. The quantitative estimate of drug-likeness (QED) is 0.359. The van der Waals surface area contributed by atoms with Gasteiger partial charge in [0.15, 0.2) is 0 Å². The standard InChI is InChI=1S/C8H15N3O2/c1-8(2,13-3)6(9)4-7(10)11-5-12/h4-5H,9H2,1-3H3,(H2,10,11,12)/b6-4-. The van der Waals surface area contributed by atoms with Crippen molar-refractivity contribution < 1.29 is 9.53 Å². The molecule has 13 heavy (non-hydrogen) atoms. The molecule has 0 atom stereocenters. The first-order valence-corrected chi connectivity index (χ1v) is 3.73. The number of hydrogen-bond acceptors (Lipinski definition) is 3. The molecule has 0 aliphatic heterocycles. The molecule has 0 fully saturated rings. The highest BCUT2D eigenvalue weighted by molar-refractivity contribution is 5.96. The second-order valence-electron chi connectivity index (χ2n) is 2.97. The first kappa shape index (κ1) is 11.6. The number of rotatable bonds is 4. The van der Waals surface area contributed by atoms with Crippen LogP contribution in [0.5, 0.6) is 0 Å². The molecule has 0 aliphatic rings. The Morgan fingerprint density at radius 1 is 1.46 bits per heavy atom. The minimum atomic E-state index is -0.608. The van der Waals surface area contributed by atoms with Crippen LogP contribution in [0.4, 0.5) is 0 Å². The zero-order valence-electron chi connectivity index (χ0n) is 8.07. The Balaban J connectivity index is 4.67. The van der Waals surface area contributed by atoms with Crippen LogP contribution < -0.4 is 11.5 Å². The monoisotopic (exact) mass is 185 g/mol. The summed E-state index contributed by atoms with van der Waals surface area (Å²) in [5.74, 6) is 0.0672. The Hall–Kier alpha value is -1.36. The lowest BCUT2D eigenvalue weighted by Gasteiger charge is -2.23. The lowest BCUT2D eigenvalue weighted by atomic mass is 10.1. The summed E-state index contributed by atoms with van der Waals surface area (Å²) >= 11 is 0. The second-order valence-corrected chi connectivity index (χ2v) is 2.97. The Labute approximate surface area is 77.5 Å². The highest BCUT2D eigenvalue weighted by atomic mass is 16.5. The number of amides is 1. The third-order valence-electron chi connectivity index (χ3n) is 1.71. The van der Waals surface area contributed by atoms with Crippen molar-refractivity contribution in [2.45, 2.75) is 19.4 Å². The average molecular weight is 185 g/mol. The zero-order valence-corrected chi connectivity index (χ0v) is 8.07. The van der Waals surface area contributed by atoms with Crippen molar-refractivity contribution in [3.63, 3.8) is 0 Å². The van der Waals surface area contributed by atoms with Crippen LogP contribution in [0.3, 0.4) is 0 Å². The molecule has 0 heterocycles. The van der Waals surface area contributed by atoms with Crippen molar-refractivity contribution in [3.05, 3.63) is 11.8 Å². The number of amidine groups is 1. The minimum Gasteiger partial charge on any atom is -0.400 e. The fourth-order valence-electron chi connectivity index (χ4n) is 0.549. The number of nitrogens with two attached hydrogens (primary N) is 2. The Morgan fingerprint density at radius 2 is 2.00 bits per heavy atom. The molecule has 0 bridgehead atoms. The van der Waals surface area contributed by atoms with Crippen molar-refractivity contribution in [1.82, 2.24) is 0 Å². The molecule has 0 aliphatic carbocycles. The molecular formula is C8H15N3O2. The van der Waals surface area contributed by atoms with Gasteiger partial charge < -0.3 is 16.2 Å². The third kappa shape index (κ3) is 3.71. The average Bonchev–Trinajstić information content (AvgIpc) is 2.04. The first-order valence-electron chi connectivity index (χ1n) is 3.73. The molecule has 0 aromatic rings. The van der Waals surface area contributed by atoms with Crippen molar-refractivity contribution in [3.8, 4) is 0 Å². The van der Waals surface area contributed by atoms with E-state index in [1.165, 1.54) is 13.2 Å². The number of aliphatic imine (C=N–C) groups is 1. The smallest absolute Gasteiger partial charge is 0.234 e. The van der Waals surface area contributed by atoms with Gasteiger partial charge in [0.05, 0.1) is 0 Å². The van der Waals surface area contributed by atoms with E-state index in [1.807, 2.05) is 0 Å². The van der Waals surface area contributed by atoms with Crippen LogP contribution in [0.15, 0.2) is 16.8 Å². The Morgan fingerprint density at radius 3 is 2.38 bits per heavy atom. The Kier molecular flexibility index (Phi) is 4.13. The largest absolute Gasteiger partial charge is 0.400 e. The van der Waals surface area contributed by atoms with E-state index in [1.54, 1.807) is 13.8 Å². The Bertz CT molecular complexity index is 244. The number of carbonyl (C=O) groups is 1. The summed E-state index contributed by atoms with van der Waals surface area (Å²) in [6, 6.07) is 0. The summed E-state index contributed by atoms with van der Waals surface area (Å²) in [4.78, 5) is 13.3. The highest BCUT2D eigenvalue weighted by Gasteiger charge is 2.19. The fraction of sp³-hybridized carbons (Fsp3) is 0.500. The topological polar surface area (TPSA) is 90.7 Å². The van der Waals surface area contributed by atoms with Gasteiger partial charge in [0.1, 0.15) is 11.4 Å². The number of carbonyl (C=O) groups excluding carboxylic acids is 1. The number of hydrogen-bond donors (Lipinski definition) is 2. The second kappa shape index (κ2) is 4.61. The molecule has 0 radical (unpaired) electrons. The van der Waals surface area contributed by atoms with E-state index in [4.69, 9.17) is 16.2 Å². The summed E-state index contributed by atoms with van der Waals surface area (Å²) in [5.41, 5.74) is 10.8. The van der Waals surface area contributed by atoms with Crippen molar-refractivity contribution in [2.75, 3.05) is 7.11 Å². The maximum absolute atomic E-state index is 9.95. The van der Waals surface area contributed by atoms with E-state index >= 15 is 0 Å². The summed E-state index contributed by atoms with van der Waals surface area (Å²) in [6.07, 6.45) is 1.76. The molecule has 74 valence electrons. The van der Waals surface area contributed by atoms with Crippen molar-refractivity contribution >= 4 is 12.2 Å². The molecule has 1 amide bonds. The summed E-state index contributed by atoms with van der Waals surface area (Å²) in [7, 11) is 1.54. The van der Waals surface area contributed by atoms with Gasteiger partial charge in [-0.1, -0.05) is 0 Å². The third-order valence-corrected chi connectivity index (χ3v) is 1.71. The van der Waals surface area contributed by atoms with Crippen LogP contribution >= 0.6 is 0 Å². The molecule has 5 heteroatoms. The predicted octanol–water partition coefficient (Wildman–Crippen LogP) is -0.232. The number of ether oxygens (including phenoxy) is 1. The minimum absolute atomic E-state index is 0.0672. The van der Waals surface area contributed by atoms with E-state index in [0.717, 1.165) is 0 Å². The van der Waals surface area contributed by atoms with Crippen LogP contribution in [0.1, 0.15) is 13.8 Å². The van der Waals surface area contributed by atoms with E-state index < -0.39 is 5.60 Å². The molecule has 0 spiro atoms. The molecule has 5 nitrogen and oxygen atoms in total.